The summed E-state index contributed by atoms with van der Waals surface area (Å²) in [6, 6.07) is 8.15. The predicted molar refractivity (Wildman–Crippen MR) is 72.5 cm³/mol. The Balaban J connectivity index is 1.96. The maximum Gasteiger partial charge on any atom is 0.0542 e. The number of aryl methyl sites for hydroxylation is 1. The van der Waals surface area contributed by atoms with Crippen molar-refractivity contribution in [2.45, 2.75) is 19.9 Å². The lowest BCUT2D eigenvalue weighted by Crippen LogP contribution is -2.01. The zero-order valence-electron chi connectivity index (χ0n) is 10.8. The molecule has 0 spiro atoms. The van der Waals surface area contributed by atoms with Crippen LogP contribution in [0, 0.1) is 6.92 Å². The van der Waals surface area contributed by atoms with E-state index in [1.54, 1.807) is 0 Å². The Morgan fingerprint density at radius 1 is 1.28 bits per heavy atom. The number of anilines is 1. The van der Waals surface area contributed by atoms with Gasteiger partial charge in [0.25, 0.3) is 0 Å². The van der Waals surface area contributed by atoms with E-state index in [9.17, 15) is 0 Å². The summed E-state index contributed by atoms with van der Waals surface area (Å²) >= 11 is 0. The van der Waals surface area contributed by atoms with Crippen LogP contribution in [0.15, 0.2) is 30.5 Å². The maximum absolute atomic E-state index is 8.85. The molecule has 0 amide bonds. The summed E-state index contributed by atoms with van der Waals surface area (Å²) in [5.74, 6) is 0. The van der Waals surface area contributed by atoms with Gasteiger partial charge in [-0.1, -0.05) is 12.1 Å². The first kappa shape index (κ1) is 12.6. The van der Waals surface area contributed by atoms with Crippen LogP contribution < -0.4 is 5.32 Å². The van der Waals surface area contributed by atoms with Crippen LogP contribution in [0.1, 0.15) is 16.8 Å². The van der Waals surface area contributed by atoms with E-state index in [-0.39, 0.29) is 6.61 Å². The van der Waals surface area contributed by atoms with Gasteiger partial charge >= 0.3 is 0 Å². The lowest BCUT2D eigenvalue weighted by Gasteiger charge is -2.07. The van der Waals surface area contributed by atoms with Gasteiger partial charge in [-0.3, -0.25) is 4.68 Å². The number of hydrogen-bond acceptors (Lipinski definition) is 3. The maximum atomic E-state index is 8.85. The molecule has 1 heterocycles. The number of nitrogens with zero attached hydrogens (tertiary/aromatic N) is 2. The van der Waals surface area contributed by atoms with Gasteiger partial charge in [0.05, 0.1) is 6.20 Å². The summed E-state index contributed by atoms with van der Waals surface area (Å²) in [6.07, 6.45) is 2.60. The first-order valence-corrected chi connectivity index (χ1v) is 6.12. The lowest BCUT2D eigenvalue weighted by atomic mass is 10.1. The molecule has 2 N–H and O–H groups in total. The Morgan fingerprint density at radius 2 is 2.00 bits per heavy atom. The molecule has 2 rings (SSSR count). The standard InChI is InChI=1S/C14H19N3O/c1-11-13(10-16-17(11)2)9-15-14-5-3-12(4-6-14)7-8-18/h3-6,10,15,18H,7-9H2,1-2H3. The Labute approximate surface area is 107 Å². The molecule has 0 aliphatic heterocycles. The minimum absolute atomic E-state index is 0.196. The van der Waals surface area contributed by atoms with Gasteiger partial charge in [-0.05, 0) is 31.0 Å². The van der Waals surface area contributed by atoms with Crippen molar-refractivity contribution in [3.8, 4) is 0 Å². The van der Waals surface area contributed by atoms with Gasteiger partial charge < -0.3 is 10.4 Å². The fourth-order valence-corrected chi connectivity index (χ4v) is 1.83. The van der Waals surface area contributed by atoms with Crippen molar-refractivity contribution in [2.24, 2.45) is 7.05 Å². The smallest absolute Gasteiger partial charge is 0.0542 e. The number of rotatable bonds is 5. The zero-order chi connectivity index (χ0) is 13.0. The molecular weight excluding hydrogens is 226 g/mol. The summed E-state index contributed by atoms with van der Waals surface area (Å²) in [7, 11) is 1.95. The highest BCUT2D eigenvalue weighted by Gasteiger charge is 2.02. The van der Waals surface area contributed by atoms with E-state index in [0.29, 0.717) is 6.42 Å². The van der Waals surface area contributed by atoms with Crippen LogP contribution in [-0.2, 0) is 20.0 Å². The van der Waals surface area contributed by atoms with E-state index < -0.39 is 0 Å². The van der Waals surface area contributed by atoms with Gasteiger partial charge in [-0.2, -0.15) is 5.10 Å². The summed E-state index contributed by atoms with van der Waals surface area (Å²) in [6.45, 7) is 3.04. The molecule has 18 heavy (non-hydrogen) atoms. The molecule has 0 saturated heterocycles. The van der Waals surface area contributed by atoms with E-state index in [0.717, 1.165) is 17.8 Å². The van der Waals surface area contributed by atoms with Crippen molar-refractivity contribution >= 4 is 5.69 Å². The molecule has 0 aliphatic rings. The average Bonchev–Trinajstić information content (AvgIpc) is 2.70. The summed E-state index contributed by atoms with van der Waals surface area (Å²) in [4.78, 5) is 0. The van der Waals surface area contributed by atoms with Crippen LogP contribution in [0.4, 0.5) is 5.69 Å². The van der Waals surface area contributed by atoms with Gasteiger partial charge in [0.15, 0.2) is 0 Å². The summed E-state index contributed by atoms with van der Waals surface area (Å²) < 4.78 is 1.88. The SMILES string of the molecule is Cc1c(CNc2ccc(CCO)cc2)cnn1C. The van der Waals surface area contributed by atoms with E-state index in [1.807, 2.05) is 42.2 Å². The zero-order valence-corrected chi connectivity index (χ0v) is 10.8. The van der Waals surface area contributed by atoms with Crippen LogP contribution in [0.25, 0.3) is 0 Å². The third-order valence-corrected chi connectivity index (χ3v) is 3.17. The number of aliphatic hydroxyl groups is 1. The van der Waals surface area contributed by atoms with Crippen LogP contribution in [-0.4, -0.2) is 21.5 Å². The lowest BCUT2D eigenvalue weighted by molar-refractivity contribution is 0.299. The molecule has 0 unspecified atom stereocenters. The minimum atomic E-state index is 0.196. The second-order valence-corrected chi connectivity index (χ2v) is 4.40. The van der Waals surface area contributed by atoms with Gasteiger partial charge in [0.1, 0.15) is 0 Å². The van der Waals surface area contributed by atoms with Gasteiger partial charge in [-0.25, -0.2) is 0 Å². The minimum Gasteiger partial charge on any atom is -0.396 e. The molecule has 96 valence electrons. The van der Waals surface area contributed by atoms with Crippen LogP contribution in [0.5, 0.6) is 0 Å². The molecule has 0 bridgehead atoms. The Kier molecular flexibility index (Phi) is 3.99. The molecule has 0 radical (unpaired) electrons. The molecule has 4 nitrogen and oxygen atoms in total. The largest absolute Gasteiger partial charge is 0.396 e. The molecular formula is C14H19N3O. The number of nitrogens with one attached hydrogen (secondary N) is 1. The topological polar surface area (TPSA) is 50.1 Å². The number of hydrogen-bond donors (Lipinski definition) is 2. The predicted octanol–water partition coefficient (Wildman–Crippen LogP) is 1.88. The second-order valence-electron chi connectivity index (χ2n) is 4.40. The fourth-order valence-electron chi connectivity index (χ4n) is 1.83. The molecule has 1 aromatic heterocycles. The molecule has 1 aromatic carbocycles. The Morgan fingerprint density at radius 3 is 2.56 bits per heavy atom. The Bertz CT molecular complexity index is 502. The number of benzene rings is 1. The van der Waals surface area contributed by atoms with E-state index in [2.05, 4.69) is 17.3 Å². The third kappa shape index (κ3) is 2.90. The van der Waals surface area contributed by atoms with Gasteiger partial charge in [0.2, 0.25) is 0 Å². The van der Waals surface area contributed by atoms with Crippen molar-refractivity contribution in [3.05, 3.63) is 47.3 Å². The van der Waals surface area contributed by atoms with Crippen molar-refractivity contribution in [1.29, 1.82) is 0 Å². The molecule has 0 atom stereocenters. The normalized spacial score (nSPS) is 10.6. The van der Waals surface area contributed by atoms with Gasteiger partial charge in [-0.15, -0.1) is 0 Å². The van der Waals surface area contributed by atoms with Crippen LogP contribution >= 0.6 is 0 Å². The molecule has 4 heteroatoms. The highest BCUT2D eigenvalue weighted by Crippen LogP contribution is 2.13. The first-order valence-electron chi connectivity index (χ1n) is 6.12. The highest BCUT2D eigenvalue weighted by molar-refractivity contribution is 5.45. The summed E-state index contributed by atoms with van der Waals surface area (Å²) in [5, 5.41) is 16.4. The van der Waals surface area contributed by atoms with Gasteiger partial charge in [0, 0.05) is 37.1 Å². The van der Waals surface area contributed by atoms with Crippen molar-refractivity contribution < 1.29 is 5.11 Å². The van der Waals surface area contributed by atoms with Crippen molar-refractivity contribution in [2.75, 3.05) is 11.9 Å². The molecule has 0 aliphatic carbocycles. The first-order chi connectivity index (χ1) is 8.70. The van der Waals surface area contributed by atoms with E-state index in [4.69, 9.17) is 5.11 Å². The highest BCUT2D eigenvalue weighted by atomic mass is 16.2. The van der Waals surface area contributed by atoms with E-state index in [1.165, 1.54) is 11.3 Å². The van der Waals surface area contributed by atoms with Crippen LogP contribution in [0.2, 0.25) is 0 Å². The molecule has 0 fully saturated rings. The quantitative estimate of drug-likeness (QED) is 0.845. The third-order valence-electron chi connectivity index (χ3n) is 3.17. The molecule has 2 aromatic rings. The van der Waals surface area contributed by atoms with Crippen LogP contribution in [0.3, 0.4) is 0 Å². The Hall–Kier alpha value is -1.81. The number of aromatic nitrogens is 2. The van der Waals surface area contributed by atoms with E-state index >= 15 is 0 Å². The monoisotopic (exact) mass is 245 g/mol. The molecule has 0 saturated carbocycles. The second kappa shape index (κ2) is 5.69. The van der Waals surface area contributed by atoms with Crippen molar-refractivity contribution in [1.82, 2.24) is 9.78 Å². The average molecular weight is 245 g/mol. The fraction of sp³-hybridized carbons (Fsp3) is 0.357. The summed E-state index contributed by atoms with van der Waals surface area (Å²) in [5.41, 5.74) is 4.62. The number of aliphatic hydroxyl groups excluding tert-OH is 1. The van der Waals surface area contributed by atoms with Crippen molar-refractivity contribution in [3.63, 3.8) is 0 Å².